The van der Waals surface area contributed by atoms with E-state index >= 15 is 0 Å². The molecule has 0 amide bonds. The molecule has 1 rings (SSSR count). The molecule has 0 saturated carbocycles. The smallest absolute Gasteiger partial charge is 0.310 e. The van der Waals surface area contributed by atoms with Gasteiger partial charge in [0.05, 0.1) is 24.2 Å². The number of hydrogen-bond donors (Lipinski definition) is 1. The van der Waals surface area contributed by atoms with E-state index in [9.17, 15) is 4.79 Å². The average molecular weight is 273 g/mol. The molecule has 4 nitrogen and oxygen atoms in total. The van der Waals surface area contributed by atoms with Crippen molar-refractivity contribution in [1.29, 1.82) is 0 Å². The molecule has 0 aliphatic carbocycles. The first kappa shape index (κ1) is 14.6. The lowest BCUT2D eigenvalue weighted by Crippen LogP contribution is -2.08. The lowest BCUT2D eigenvalue weighted by Gasteiger charge is -2.15. The number of hydrogen-bond acceptors (Lipinski definition) is 3. The van der Waals surface area contributed by atoms with E-state index in [4.69, 9.17) is 26.2 Å². The Morgan fingerprint density at radius 1 is 1.33 bits per heavy atom. The summed E-state index contributed by atoms with van der Waals surface area (Å²) in [5.41, 5.74) is 0.597. The van der Waals surface area contributed by atoms with Gasteiger partial charge in [-0.15, -0.1) is 0 Å². The zero-order valence-electron chi connectivity index (χ0n) is 10.7. The number of carboxylic acids is 1. The van der Waals surface area contributed by atoms with Crippen molar-refractivity contribution in [2.45, 2.75) is 26.7 Å². The molecule has 1 unspecified atom stereocenters. The van der Waals surface area contributed by atoms with Gasteiger partial charge in [-0.3, -0.25) is 4.79 Å². The molecule has 5 heteroatoms. The Labute approximate surface area is 111 Å². The summed E-state index contributed by atoms with van der Waals surface area (Å²) in [6, 6.07) is 3.27. The summed E-state index contributed by atoms with van der Waals surface area (Å²) in [7, 11) is 0. The lowest BCUT2D eigenvalue weighted by atomic mass is 10.0. The van der Waals surface area contributed by atoms with Gasteiger partial charge >= 0.3 is 5.97 Å². The first-order chi connectivity index (χ1) is 8.51. The van der Waals surface area contributed by atoms with Gasteiger partial charge in [0.2, 0.25) is 0 Å². The number of aliphatic carboxylic acids is 1. The zero-order chi connectivity index (χ0) is 13.7. The molecule has 0 spiro atoms. The van der Waals surface area contributed by atoms with Gasteiger partial charge in [0.1, 0.15) is 0 Å². The number of carboxylic acid groups (broad SMARTS) is 1. The van der Waals surface area contributed by atoms with Gasteiger partial charge in [0, 0.05) is 0 Å². The molecule has 0 bridgehead atoms. The highest BCUT2D eigenvalue weighted by Crippen LogP contribution is 2.38. The quantitative estimate of drug-likeness (QED) is 0.863. The molecule has 1 N–H and O–H groups in total. The second-order valence-corrected chi connectivity index (χ2v) is 4.16. The maximum Gasteiger partial charge on any atom is 0.310 e. The monoisotopic (exact) mass is 272 g/mol. The van der Waals surface area contributed by atoms with Crippen molar-refractivity contribution < 1.29 is 19.4 Å². The third kappa shape index (κ3) is 3.29. The first-order valence-corrected chi connectivity index (χ1v) is 6.20. The Morgan fingerprint density at radius 3 is 2.44 bits per heavy atom. The molecular formula is C13H17ClO4. The molecule has 100 valence electrons. The number of rotatable bonds is 6. The van der Waals surface area contributed by atoms with E-state index in [1.54, 1.807) is 19.1 Å². The number of benzene rings is 1. The van der Waals surface area contributed by atoms with Crippen LogP contribution in [0.25, 0.3) is 0 Å². The summed E-state index contributed by atoms with van der Waals surface area (Å²) in [5.74, 6) is -0.604. The molecule has 1 aromatic carbocycles. The summed E-state index contributed by atoms with van der Waals surface area (Å²) < 4.78 is 10.8. The van der Waals surface area contributed by atoms with Crippen LogP contribution in [0.4, 0.5) is 0 Å². The minimum Gasteiger partial charge on any atom is -0.490 e. The van der Waals surface area contributed by atoms with Crippen LogP contribution >= 0.6 is 11.6 Å². The van der Waals surface area contributed by atoms with Crippen LogP contribution in [0, 0.1) is 0 Å². The highest BCUT2D eigenvalue weighted by molar-refractivity contribution is 6.32. The minimum absolute atomic E-state index is 0.367. The Bertz CT molecular complexity index is 431. The predicted octanol–water partition coefficient (Wildman–Crippen LogP) is 3.33. The largest absolute Gasteiger partial charge is 0.490 e. The molecule has 1 atom stereocenters. The highest BCUT2D eigenvalue weighted by Gasteiger charge is 2.19. The third-order valence-electron chi connectivity index (χ3n) is 2.49. The van der Waals surface area contributed by atoms with Crippen LogP contribution in [-0.4, -0.2) is 24.3 Å². The fourth-order valence-corrected chi connectivity index (χ4v) is 1.80. The Morgan fingerprint density at radius 2 is 1.94 bits per heavy atom. The Kier molecular flexibility index (Phi) is 5.28. The van der Waals surface area contributed by atoms with E-state index in [0.29, 0.717) is 35.3 Å². The molecule has 0 aliphatic heterocycles. The van der Waals surface area contributed by atoms with Crippen LogP contribution < -0.4 is 9.47 Å². The summed E-state index contributed by atoms with van der Waals surface area (Å²) in [6.07, 6.45) is 0. The molecule has 0 fully saturated rings. The van der Waals surface area contributed by atoms with Gasteiger partial charge in [-0.1, -0.05) is 11.6 Å². The summed E-state index contributed by atoms with van der Waals surface area (Å²) in [5, 5.41) is 9.37. The van der Waals surface area contributed by atoms with Crippen molar-refractivity contribution in [3.63, 3.8) is 0 Å². The number of carbonyl (C=O) groups is 1. The SMILES string of the molecule is CCOc1cc(C(C)C(=O)O)cc(Cl)c1OCC. The number of ether oxygens (including phenoxy) is 2. The fraction of sp³-hybridized carbons (Fsp3) is 0.462. The lowest BCUT2D eigenvalue weighted by molar-refractivity contribution is -0.138. The number of halogens is 1. The Balaban J connectivity index is 3.21. The van der Waals surface area contributed by atoms with Crippen molar-refractivity contribution >= 4 is 17.6 Å². The van der Waals surface area contributed by atoms with E-state index in [1.165, 1.54) is 0 Å². The van der Waals surface area contributed by atoms with Crippen LogP contribution in [0.3, 0.4) is 0 Å². The molecule has 18 heavy (non-hydrogen) atoms. The third-order valence-corrected chi connectivity index (χ3v) is 2.77. The van der Waals surface area contributed by atoms with E-state index in [2.05, 4.69) is 0 Å². The standard InChI is InChI=1S/C13H17ClO4/c1-4-17-11-7-9(8(3)13(15)16)6-10(14)12(11)18-5-2/h6-8H,4-5H2,1-3H3,(H,15,16). The van der Waals surface area contributed by atoms with E-state index in [-0.39, 0.29) is 0 Å². The van der Waals surface area contributed by atoms with Gasteiger partial charge in [-0.05, 0) is 38.5 Å². The second kappa shape index (κ2) is 6.50. The maximum absolute atomic E-state index is 11.0. The molecule has 0 aliphatic rings. The van der Waals surface area contributed by atoms with Gasteiger partial charge in [-0.2, -0.15) is 0 Å². The molecule has 0 radical (unpaired) electrons. The highest BCUT2D eigenvalue weighted by atomic mass is 35.5. The molecule has 0 aromatic heterocycles. The van der Waals surface area contributed by atoms with Gasteiger partial charge in [-0.25, -0.2) is 0 Å². The van der Waals surface area contributed by atoms with Crippen molar-refractivity contribution in [3.05, 3.63) is 22.7 Å². The average Bonchev–Trinajstić information content (AvgIpc) is 2.32. The van der Waals surface area contributed by atoms with Crippen LogP contribution in [0.1, 0.15) is 32.3 Å². The second-order valence-electron chi connectivity index (χ2n) is 3.76. The normalized spacial score (nSPS) is 12.0. The predicted molar refractivity (Wildman–Crippen MR) is 69.8 cm³/mol. The van der Waals surface area contributed by atoms with Crippen LogP contribution in [0.5, 0.6) is 11.5 Å². The maximum atomic E-state index is 11.0. The Hall–Kier alpha value is -1.42. The van der Waals surface area contributed by atoms with Gasteiger partial charge in [0.15, 0.2) is 11.5 Å². The van der Waals surface area contributed by atoms with E-state index in [1.807, 2.05) is 13.8 Å². The molecule has 0 saturated heterocycles. The zero-order valence-corrected chi connectivity index (χ0v) is 11.5. The van der Waals surface area contributed by atoms with Crippen LogP contribution in [0.2, 0.25) is 5.02 Å². The summed E-state index contributed by atoms with van der Waals surface area (Å²) >= 11 is 6.10. The van der Waals surface area contributed by atoms with Crippen molar-refractivity contribution in [1.82, 2.24) is 0 Å². The van der Waals surface area contributed by atoms with E-state index < -0.39 is 11.9 Å². The minimum atomic E-state index is -0.905. The first-order valence-electron chi connectivity index (χ1n) is 5.83. The van der Waals surface area contributed by atoms with Gasteiger partial charge < -0.3 is 14.6 Å². The van der Waals surface area contributed by atoms with Crippen LogP contribution in [0.15, 0.2) is 12.1 Å². The fourth-order valence-electron chi connectivity index (χ4n) is 1.53. The van der Waals surface area contributed by atoms with Crippen molar-refractivity contribution in [2.24, 2.45) is 0 Å². The van der Waals surface area contributed by atoms with E-state index in [0.717, 1.165) is 0 Å². The van der Waals surface area contributed by atoms with Crippen LogP contribution in [-0.2, 0) is 4.79 Å². The topological polar surface area (TPSA) is 55.8 Å². The molecular weight excluding hydrogens is 256 g/mol. The molecule has 1 aromatic rings. The van der Waals surface area contributed by atoms with Gasteiger partial charge in [0.25, 0.3) is 0 Å². The molecule has 0 heterocycles. The van der Waals surface area contributed by atoms with Crippen molar-refractivity contribution in [2.75, 3.05) is 13.2 Å². The van der Waals surface area contributed by atoms with Crippen molar-refractivity contribution in [3.8, 4) is 11.5 Å². The summed E-state index contributed by atoms with van der Waals surface area (Å²) in [4.78, 5) is 11.0. The summed E-state index contributed by atoms with van der Waals surface area (Å²) in [6.45, 7) is 6.22.